The minimum absolute atomic E-state index is 0. The first-order valence-electron chi connectivity index (χ1n) is 0.429. The van der Waals surface area contributed by atoms with E-state index < -0.39 is 37.0 Å². The first-order chi connectivity index (χ1) is 1.73. The fourth-order valence-corrected chi connectivity index (χ4v) is 0. The van der Waals surface area contributed by atoms with Gasteiger partial charge in [0.15, 0.2) is 0 Å². The molecule has 6 heavy (non-hydrogen) atoms. The fraction of sp³-hybridized carbons (Fsp3) is 0. The van der Waals surface area contributed by atoms with Gasteiger partial charge in [-0.25, -0.2) is 0 Å². The predicted molar refractivity (Wildman–Crippen MR) is 17.6 cm³/mol. The molecule has 0 nitrogen and oxygen atoms in total. The summed E-state index contributed by atoms with van der Waals surface area (Å²) in [6.07, 6.45) is 0. The molecule has 0 rings (SSSR count). The van der Waals surface area contributed by atoms with E-state index in [1.165, 1.54) is 0 Å². The van der Waals surface area contributed by atoms with E-state index in [0.29, 0.717) is 0 Å². The van der Waals surface area contributed by atoms with Crippen molar-refractivity contribution in [3.05, 3.63) is 0 Å². The second kappa shape index (κ2) is 12.8. The van der Waals surface area contributed by atoms with Crippen LogP contribution in [0.4, 0.5) is 0 Å². The molecule has 42 valence electrons. The van der Waals surface area contributed by atoms with Gasteiger partial charge in [-0.15, -0.1) is 0 Å². The van der Waals surface area contributed by atoms with Gasteiger partial charge in [0.1, 0.15) is 0 Å². The molecule has 0 fully saturated rings. The number of halogens is 3. The minimum atomic E-state index is -2.05. The molecule has 0 aliphatic heterocycles. The Morgan fingerprint density at radius 1 is 1.00 bits per heavy atom. The Labute approximate surface area is 125 Å². The average Bonchev–Trinajstić information content (AvgIpc) is 0.811. The second-order valence-electron chi connectivity index (χ2n) is 0.162. The third-order valence-corrected chi connectivity index (χ3v) is 0. The molecule has 0 aliphatic rings. The molecule has 0 unspecified atom stereocenters. The maximum Gasteiger partial charge on any atom is 0 e. The average molecular weight is 566 g/mol. The van der Waals surface area contributed by atoms with Crippen molar-refractivity contribution in [3.8, 4) is 0 Å². The summed E-state index contributed by atoms with van der Waals surface area (Å²) >= 11 is -2.05. The molecule has 0 aromatic carbocycles. The van der Waals surface area contributed by atoms with Crippen molar-refractivity contribution in [1.29, 1.82) is 0 Å². The van der Waals surface area contributed by atoms with E-state index in [1.807, 2.05) is 0 Å². The molecular formula is Cl3EuGdSm. The Bertz CT molecular complexity index is 15.5. The van der Waals surface area contributed by atoms with Gasteiger partial charge in [-0.05, 0) is 0 Å². The quantitative estimate of drug-likeness (QED) is 0.422. The van der Waals surface area contributed by atoms with E-state index in [4.69, 9.17) is 12.5 Å². The summed E-state index contributed by atoms with van der Waals surface area (Å²) in [5.74, 6) is 0. The molecule has 0 heterocycles. The Hall–Kier alpha value is 5.12. The molecule has 0 amide bonds. The van der Waals surface area contributed by atoms with Gasteiger partial charge in [0, 0.05) is 80.3 Å². The molecular weight excluding hydrogens is 566 g/mol. The molecule has 6 heteroatoms. The van der Waals surface area contributed by atoms with Crippen LogP contribution < -0.4 is 0 Å². The van der Waals surface area contributed by atoms with Crippen molar-refractivity contribution in [1.82, 2.24) is 0 Å². The molecule has 0 aliphatic carbocycles. The minimum Gasteiger partial charge on any atom is 0 e. The Morgan fingerprint density at radius 2 is 1.00 bits per heavy atom. The predicted octanol–water partition coefficient (Wildman–Crippen LogP) is 2.07. The zero-order valence-corrected chi connectivity index (χ0v) is 11.9. The number of hydrogen-bond donors (Lipinski definition) is 0. The zero-order chi connectivity index (χ0) is 3.58. The topological polar surface area (TPSA) is 0 Å². The molecule has 0 N–H and O–H groups in total. The zero-order valence-electron chi connectivity index (χ0n) is 2.27. The van der Waals surface area contributed by atoms with Gasteiger partial charge in [-0.3, -0.25) is 0 Å². The van der Waals surface area contributed by atoms with E-state index in [9.17, 15) is 0 Å². The maximum atomic E-state index is 4.99. The summed E-state index contributed by atoms with van der Waals surface area (Å²) in [4.78, 5) is 0. The molecule has 0 saturated carbocycles. The summed E-state index contributed by atoms with van der Waals surface area (Å²) in [6, 6.07) is 0. The normalized spacial score (nSPS) is 7.50. The van der Waals surface area contributed by atoms with E-state index in [2.05, 4.69) is 0 Å². The van der Waals surface area contributed by atoms with Crippen molar-refractivity contribution in [2.24, 2.45) is 0 Å². The van der Waals surface area contributed by atoms with E-state index >= 15 is 0 Å². The molecule has 0 spiro atoms. The van der Waals surface area contributed by atoms with Crippen LogP contribution in [0.5, 0.6) is 0 Å². The van der Waals surface area contributed by atoms with Crippen LogP contribution >= 0.6 is 12.5 Å². The van der Waals surface area contributed by atoms with Gasteiger partial charge in [0.25, 0.3) is 0 Å². The summed E-state index contributed by atoms with van der Waals surface area (Å²) in [5, 5.41) is 0. The van der Waals surface area contributed by atoms with Gasteiger partial charge in [-0.2, -0.15) is 0 Å². The molecule has 0 saturated heterocycles. The first-order valence-corrected chi connectivity index (χ1v) is 9.54. The van der Waals surface area contributed by atoms with E-state index in [1.54, 1.807) is 0 Å². The number of hydrogen-bond acceptors (Lipinski definition) is 0. The Balaban J connectivity index is -0.0000000450. The maximum absolute atomic E-state index is 4.99. The second-order valence-corrected chi connectivity index (χ2v) is 10.8. The fourth-order valence-electron chi connectivity index (χ4n) is 0. The van der Waals surface area contributed by atoms with Crippen molar-refractivity contribution in [2.75, 3.05) is 0 Å². The van der Waals surface area contributed by atoms with Gasteiger partial charge in [-0.1, -0.05) is 0 Å². The van der Waals surface area contributed by atoms with Crippen LogP contribution in [0.15, 0.2) is 0 Å². The van der Waals surface area contributed by atoms with E-state index in [0.717, 1.165) is 0 Å². The van der Waals surface area contributed by atoms with E-state index in [-0.39, 0.29) is 80.3 Å². The van der Waals surface area contributed by atoms with Crippen LogP contribution in [0.25, 0.3) is 0 Å². The third-order valence-electron chi connectivity index (χ3n) is 0. The SMILES string of the molecule is [Cl][Eu]([Cl])[Cl].[Gd].[Sm]. The molecule has 0 atom stereocenters. The summed E-state index contributed by atoms with van der Waals surface area (Å²) in [5.41, 5.74) is 0. The largest absolute Gasteiger partial charge is 0 e. The summed E-state index contributed by atoms with van der Waals surface area (Å²) in [6.45, 7) is 0. The first kappa shape index (κ1) is 17.3. The van der Waals surface area contributed by atoms with Crippen molar-refractivity contribution < 1.29 is 117 Å². The van der Waals surface area contributed by atoms with Crippen molar-refractivity contribution >= 4 is 12.5 Å². The van der Waals surface area contributed by atoms with Gasteiger partial charge >= 0.3 is 49.4 Å². The van der Waals surface area contributed by atoms with Crippen LogP contribution in [-0.4, -0.2) is 0 Å². The third kappa shape index (κ3) is 22.9. The van der Waals surface area contributed by atoms with Crippen LogP contribution in [0, 0.1) is 117 Å². The number of rotatable bonds is 0. The summed E-state index contributed by atoms with van der Waals surface area (Å²) < 4.78 is 15.0. The molecule has 0 aromatic heterocycles. The van der Waals surface area contributed by atoms with Gasteiger partial charge < -0.3 is 0 Å². The smallest absolute Gasteiger partial charge is 0 e. The van der Waals surface area contributed by atoms with Crippen LogP contribution in [0.2, 0.25) is 0 Å². The van der Waals surface area contributed by atoms with Gasteiger partial charge in [0.2, 0.25) is 0 Å². The van der Waals surface area contributed by atoms with Crippen LogP contribution in [0.3, 0.4) is 0 Å². The van der Waals surface area contributed by atoms with Crippen molar-refractivity contribution in [2.45, 2.75) is 0 Å². The Morgan fingerprint density at radius 3 is 1.00 bits per heavy atom. The van der Waals surface area contributed by atoms with Crippen LogP contribution in [0.1, 0.15) is 0 Å². The Kier molecular flexibility index (Phi) is 36.7. The monoisotopic (exact) mass is 568 g/mol. The molecule has 0 aromatic rings. The molecule has 0 bridgehead atoms. The van der Waals surface area contributed by atoms with Crippen LogP contribution in [-0.2, 0) is 0 Å². The summed E-state index contributed by atoms with van der Waals surface area (Å²) in [7, 11) is 0. The molecule has 0 radical (unpaired) electrons. The van der Waals surface area contributed by atoms with Crippen molar-refractivity contribution in [3.63, 3.8) is 0 Å². The van der Waals surface area contributed by atoms with Gasteiger partial charge in [0.05, 0.1) is 0 Å². The standard InChI is InChI=1S/3ClH.Eu.Gd.Sm/h3*1H;;;/q;;;+3;;/p-3.